The molecule has 2 N–H and O–H groups in total. The molecule has 4 rings (SSSR count). The molecule has 0 aromatic carbocycles. The minimum atomic E-state index is -0.0986. The first-order valence-corrected chi connectivity index (χ1v) is 12.6. The van der Waals surface area contributed by atoms with Gasteiger partial charge >= 0.3 is 0 Å². The van der Waals surface area contributed by atoms with Gasteiger partial charge in [-0.25, -0.2) is 4.98 Å². The number of ether oxygens (including phenoxy) is 1. The van der Waals surface area contributed by atoms with Crippen LogP contribution in [0, 0.1) is 5.92 Å². The number of piperidine rings is 1. The van der Waals surface area contributed by atoms with Gasteiger partial charge in [0.1, 0.15) is 5.69 Å². The molecule has 3 heterocycles. The lowest BCUT2D eigenvalue weighted by Crippen LogP contribution is -2.51. The zero-order valence-electron chi connectivity index (χ0n) is 21.0. The number of hydrogen-bond donors (Lipinski definition) is 2. The van der Waals surface area contributed by atoms with Gasteiger partial charge in [-0.15, -0.1) is 0 Å². The summed E-state index contributed by atoms with van der Waals surface area (Å²) < 4.78 is 5.27. The van der Waals surface area contributed by atoms with Gasteiger partial charge in [0, 0.05) is 68.4 Å². The van der Waals surface area contributed by atoms with Gasteiger partial charge in [-0.3, -0.25) is 9.59 Å². The van der Waals surface area contributed by atoms with E-state index >= 15 is 0 Å². The van der Waals surface area contributed by atoms with Gasteiger partial charge < -0.3 is 24.8 Å². The van der Waals surface area contributed by atoms with Crippen molar-refractivity contribution >= 4 is 11.6 Å². The van der Waals surface area contributed by atoms with Gasteiger partial charge in [0.15, 0.2) is 0 Å². The highest BCUT2D eigenvalue weighted by Crippen LogP contribution is 2.34. The second-order valence-electron chi connectivity index (χ2n) is 9.83. The molecule has 2 aromatic rings. The minimum Gasteiger partial charge on any atom is -0.481 e. The van der Waals surface area contributed by atoms with Gasteiger partial charge in [0.05, 0.1) is 7.11 Å². The molecule has 1 aliphatic carbocycles. The SMILES string of the molecule is COc1cc(-c2c[nH]c(=O)c(N(CC3CC3)[C@@H]3CCCN(C(=O)/C=C/CNC(C)C)C3)c2)ccn1. The topological polar surface area (TPSA) is 90.6 Å². The highest BCUT2D eigenvalue weighted by molar-refractivity contribution is 5.87. The van der Waals surface area contributed by atoms with Gasteiger partial charge in [-0.05, 0) is 49.3 Å². The van der Waals surface area contributed by atoms with E-state index in [2.05, 4.69) is 34.0 Å². The number of rotatable bonds is 10. The lowest BCUT2D eigenvalue weighted by molar-refractivity contribution is -0.127. The van der Waals surface area contributed by atoms with Crippen LogP contribution in [0.1, 0.15) is 39.5 Å². The Morgan fingerprint density at radius 1 is 1.31 bits per heavy atom. The van der Waals surface area contributed by atoms with Crippen molar-refractivity contribution in [1.82, 2.24) is 20.2 Å². The summed E-state index contributed by atoms with van der Waals surface area (Å²) in [5, 5.41) is 3.30. The third-order valence-electron chi connectivity index (χ3n) is 6.68. The number of pyridine rings is 2. The normalized spacial score (nSPS) is 18.3. The van der Waals surface area contributed by atoms with Gasteiger partial charge in [-0.2, -0.15) is 0 Å². The third kappa shape index (κ3) is 6.72. The Hall–Kier alpha value is -3.13. The number of aromatic nitrogens is 2. The van der Waals surface area contributed by atoms with Crippen molar-refractivity contribution in [3.63, 3.8) is 0 Å². The van der Waals surface area contributed by atoms with E-state index in [1.54, 1.807) is 25.6 Å². The largest absolute Gasteiger partial charge is 0.481 e. The fraction of sp³-hybridized carbons (Fsp3) is 0.519. The van der Waals surface area contributed by atoms with E-state index in [1.807, 2.05) is 29.2 Å². The second-order valence-corrected chi connectivity index (χ2v) is 9.83. The molecule has 8 heteroatoms. The lowest BCUT2D eigenvalue weighted by atomic mass is 10.0. The molecule has 8 nitrogen and oxygen atoms in total. The molecule has 188 valence electrons. The summed E-state index contributed by atoms with van der Waals surface area (Å²) in [6.45, 7) is 7.06. The van der Waals surface area contributed by atoms with Crippen molar-refractivity contribution in [3.05, 3.63) is 53.1 Å². The number of hydrogen-bond acceptors (Lipinski definition) is 6. The highest BCUT2D eigenvalue weighted by atomic mass is 16.5. The molecule has 1 saturated carbocycles. The Morgan fingerprint density at radius 3 is 2.89 bits per heavy atom. The summed E-state index contributed by atoms with van der Waals surface area (Å²) in [7, 11) is 1.59. The average Bonchev–Trinajstić information content (AvgIpc) is 3.70. The summed E-state index contributed by atoms with van der Waals surface area (Å²) in [6.07, 6.45) is 11.3. The Morgan fingerprint density at radius 2 is 2.14 bits per heavy atom. The van der Waals surface area contributed by atoms with Crippen LogP contribution in [-0.2, 0) is 4.79 Å². The maximum absolute atomic E-state index is 13.0. The number of carbonyl (C=O) groups is 1. The standard InChI is InChI=1S/C27H37N5O3/c1-19(2)28-11-4-7-26(33)31-13-5-6-23(18-31)32(17-20-8-9-20)24-14-22(16-30-27(24)34)21-10-12-29-25(15-21)35-3/h4,7,10,12,14-16,19-20,23,28H,5-6,8-9,11,13,17-18H2,1-3H3,(H,30,34)/b7-4+/t23-/m1/s1. The second kappa shape index (κ2) is 11.5. The molecule has 0 unspecified atom stereocenters. The number of carbonyl (C=O) groups excluding carboxylic acids is 1. The third-order valence-corrected chi connectivity index (χ3v) is 6.68. The number of amides is 1. The Labute approximate surface area is 207 Å². The maximum Gasteiger partial charge on any atom is 0.271 e. The number of nitrogens with zero attached hydrogens (tertiary/aromatic N) is 3. The van der Waals surface area contributed by atoms with Crippen LogP contribution in [0.3, 0.4) is 0 Å². The first kappa shape index (κ1) is 25.0. The van der Waals surface area contributed by atoms with Crippen LogP contribution in [0.2, 0.25) is 0 Å². The van der Waals surface area contributed by atoms with Crippen molar-refractivity contribution < 1.29 is 9.53 Å². The lowest BCUT2D eigenvalue weighted by Gasteiger charge is -2.40. The van der Waals surface area contributed by atoms with Crippen molar-refractivity contribution in [1.29, 1.82) is 0 Å². The van der Waals surface area contributed by atoms with Crippen LogP contribution in [0.4, 0.5) is 5.69 Å². The predicted octanol–water partition coefficient (Wildman–Crippen LogP) is 3.21. The quantitative estimate of drug-likeness (QED) is 0.509. The van der Waals surface area contributed by atoms with Crippen LogP contribution < -0.4 is 20.5 Å². The smallest absolute Gasteiger partial charge is 0.271 e. The zero-order valence-corrected chi connectivity index (χ0v) is 21.0. The summed E-state index contributed by atoms with van der Waals surface area (Å²) in [5.41, 5.74) is 2.41. The Bertz CT molecular complexity index is 1090. The molecule has 1 atom stereocenters. The summed E-state index contributed by atoms with van der Waals surface area (Å²) in [6, 6.07) is 6.23. The number of anilines is 1. The van der Waals surface area contributed by atoms with Gasteiger partial charge in [0.25, 0.3) is 5.56 Å². The molecular formula is C27H37N5O3. The van der Waals surface area contributed by atoms with E-state index in [1.165, 1.54) is 12.8 Å². The Kier molecular flexibility index (Phi) is 8.23. The van der Waals surface area contributed by atoms with Crippen LogP contribution in [0.5, 0.6) is 5.88 Å². The van der Waals surface area contributed by atoms with Crippen LogP contribution in [0.15, 0.2) is 47.5 Å². The molecule has 0 bridgehead atoms. The monoisotopic (exact) mass is 479 g/mol. The van der Waals surface area contributed by atoms with Crippen LogP contribution in [0.25, 0.3) is 11.1 Å². The summed E-state index contributed by atoms with van der Waals surface area (Å²) in [4.78, 5) is 37.2. The van der Waals surface area contributed by atoms with Gasteiger partial charge in [-0.1, -0.05) is 19.9 Å². The zero-order chi connectivity index (χ0) is 24.8. The van der Waals surface area contributed by atoms with Crippen LogP contribution >= 0.6 is 0 Å². The molecule has 0 spiro atoms. The number of H-pyrrole nitrogens is 1. The molecule has 1 amide bonds. The van der Waals surface area contributed by atoms with E-state index in [9.17, 15) is 9.59 Å². The molecule has 2 aromatic heterocycles. The van der Waals surface area contributed by atoms with Crippen molar-refractivity contribution in [2.45, 2.75) is 51.6 Å². The van der Waals surface area contributed by atoms with Crippen molar-refractivity contribution in [2.24, 2.45) is 5.92 Å². The van der Waals surface area contributed by atoms with E-state index in [0.717, 1.165) is 37.1 Å². The number of aromatic amines is 1. The minimum absolute atomic E-state index is 0.0400. The number of methoxy groups -OCH3 is 1. The summed E-state index contributed by atoms with van der Waals surface area (Å²) >= 11 is 0. The fourth-order valence-electron chi connectivity index (χ4n) is 4.55. The number of nitrogens with one attached hydrogen (secondary N) is 2. The van der Waals surface area contributed by atoms with Crippen molar-refractivity contribution in [2.75, 3.05) is 38.2 Å². The van der Waals surface area contributed by atoms with Crippen LogP contribution in [-0.4, -0.2) is 66.1 Å². The number of likely N-dealkylation sites (tertiary alicyclic amines) is 1. The van der Waals surface area contributed by atoms with E-state index in [-0.39, 0.29) is 17.5 Å². The molecule has 35 heavy (non-hydrogen) atoms. The fourth-order valence-corrected chi connectivity index (χ4v) is 4.55. The van der Waals surface area contributed by atoms with E-state index in [0.29, 0.717) is 36.6 Å². The molecular weight excluding hydrogens is 442 g/mol. The molecule has 2 aliphatic rings. The molecule has 1 saturated heterocycles. The summed E-state index contributed by atoms with van der Waals surface area (Å²) in [5.74, 6) is 1.17. The van der Waals surface area contributed by atoms with E-state index in [4.69, 9.17) is 4.74 Å². The molecule has 0 radical (unpaired) electrons. The molecule has 2 fully saturated rings. The predicted molar refractivity (Wildman–Crippen MR) is 139 cm³/mol. The highest BCUT2D eigenvalue weighted by Gasteiger charge is 2.33. The van der Waals surface area contributed by atoms with E-state index < -0.39 is 0 Å². The average molecular weight is 480 g/mol. The van der Waals surface area contributed by atoms with Gasteiger partial charge in [0.2, 0.25) is 11.8 Å². The first-order chi connectivity index (χ1) is 16.9. The first-order valence-electron chi connectivity index (χ1n) is 12.6. The Balaban J connectivity index is 1.55. The molecule has 1 aliphatic heterocycles. The van der Waals surface area contributed by atoms with Crippen molar-refractivity contribution in [3.8, 4) is 17.0 Å². The maximum atomic E-state index is 13.0.